The Morgan fingerprint density at radius 3 is 2.40 bits per heavy atom. The Balaban J connectivity index is 1.28. The molecule has 0 spiro atoms. The predicted molar refractivity (Wildman–Crippen MR) is 149 cm³/mol. The normalized spacial score (nSPS) is 15.0. The van der Waals surface area contributed by atoms with E-state index in [-0.39, 0.29) is 28.9 Å². The highest BCUT2D eigenvalue weighted by Gasteiger charge is 2.37. The summed E-state index contributed by atoms with van der Waals surface area (Å²) in [5.41, 5.74) is 9.30. The minimum absolute atomic E-state index is 0.0439. The maximum absolute atomic E-state index is 14.0. The number of aryl methyl sites for hydroxylation is 2. The number of carbonyl (C=O) groups excluding carboxylic acids is 3. The zero-order valence-corrected chi connectivity index (χ0v) is 22.5. The number of rotatable bonds is 6. The molecule has 1 atom stereocenters. The maximum Gasteiger partial charge on any atom is 0.329 e. The molecule has 1 saturated heterocycles. The highest BCUT2D eigenvalue weighted by molar-refractivity contribution is 6.22. The number of aromatic amines is 1. The molecule has 1 fully saturated rings. The van der Waals surface area contributed by atoms with Gasteiger partial charge in [-0.3, -0.25) is 9.59 Å². The van der Waals surface area contributed by atoms with Crippen molar-refractivity contribution in [1.82, 2.24) is 25.1 Å². The second kappa shape index (κ2) is 9.80. The summed E-state index contributed by atoms with van der Waals surface area (Å²) in [7, 11) is 0. The number of H-pyrrole nitrogens is 1. The lowest BCUT2D eigenvalue weighted by Crippen LogP contribution is -2.31. The fourth-order valence-corrected chi connectivity index (χ4v) is 4.83. The van der Waals surface area contributed by atoms with Gasteiger partial charge in [0.15, 0.2) is 11.6 Å². The van der Waals surface area contributed by atoms with E-state index in [9.17, 15) is 23.2 Å². The van der Waals surface area contributed by atoms with Crippen molar-refractivity contribution in [2.45, 2.75) is 26.8 Å². The molecule has 0 bridgehead atoms. The smallest absolute Gasteiger partial charge is 0.329 e. The lowest BCUT2D eigenvalue weighted by molar-refractivity contribution is -0.117. The largest absolute Gasteiger partial charge is 0.433 e. The first-order chi connectivity index (χ1) is 20.0. The van der Waals surface area contributed by atoms with Gasteiger partial charge in [0.1, 0.15) is 11.9 Å². The third kappa shape index (κ3) is 4.31. The molecule has 0 unspecified atom stereocenters. The van der Waals surface area contributed by atoms with E-state index < -0.39 is 35.2 Å². The number of nitrogens with two attached hydrogens (primary N) is 1. The van der Waals surface area contributed by atoms with Gasteiger partial charge in [0.2, 0.25) is 17.4 Å². The van der Waals surface area contributed by atoms with E-state index in [2.05, 4.69) is 20.4 Å². The lowest BCUT2D eigenvalue weighted by atomic mass is 10.1. The summed E-state index contributed by atoms with van der Waals surface area (Å²) in [4.78, 5) is 46.6. The Kier molecular flexibility index (Phi) is 6.21. The van der Waals surface area contributed by atoms with Crippen LogP contribution in [0.2, 0.25) is 0 Å². The van der Waals surface area contributed by atoms with Crippen LogP contribution in [0.4, 0.5) is 25.1 Å². The fourth-order valence-electron chi connectivity index (χ4n) is 4.83. The number of imide groups is 1. The molecule has 4 heterocycles. The molecule has 4 N–H and O–H groups in total. The number of para-hydroxylation sites is 1. The average molecular weight is 572 g/mol. The van der Waals surface area contributed by atoms with Gasteiger partial charge in [-0.05, 0) is 62.2 Å². The number of benzene rings is 2. The molecule has 13 heteroatoms. The Bertz CT molecular complexity index is 1930. The molecule has 0 radical (unpaired) electrons. The Hall–Kier alpha value is -5.59. The van der Waals surface area contributed by atoms with Gasteiger partial charge < -0.3 is 20.8 Å². The number of nitrogen functional groups attached to an aromatic ring is 1. The Morgan fingerprint density at radius 2 is 1.74 bits per heavy atom. The van der Waals surface area contributed by atoms with Crippen LogP contribution in [0.25, 0.3) is 16.6 Å². The number of nitrogens with one attached hydrogen (secondary N) is 2. The summed E-state index contributed by atoms with van der Waals surface area (Å²) < 4.78 is 34.6. The van der Waals surface area contributed by atoms with Crippen LogP contribution >= 0.6 is 0 Å². The molecule has 212 valence electrons. The average Bonchev–Trinajstić information content (AvgIpc) is 3.60. The van der Waals surface area contributed by atoms with Crippen molar-refractivity contribution < 1.29 is 27.9 Å². The van der Waals surface area contributed by atoms with Crippen molar-refractivity contribution in [3.63, 3.8) is 0 Å². The molecule has 2 aromatic carbocycles. The third-order valence-corrected chi connectivity index (χ3v) is 7.02. The van der Waals surface area contributed by atoms with Gasteiger partial charge in [0, 0.05) is 17.0 Å². The van der Waals surface area contributed by atoms with E-state index in [4.69, 9.17) is 10.5 Å². The summed E-state index contributed by atoms with van der Waals surface area (Å²) >= 11 is 0. The van der Waals surface area contributed by atoms with Crippen molar-refractivity contribution in [2.75, 3.05) is 10.6 Å². The number of ether oxygens (including phenoxy) is 1. The third-order valence-electron chi connectivity index (χ3n) is 7.02. The zero-order valence-electron chi connectivity index (χ0n) is 22.5. The van der Waals surface area contributed by atoms with Crippen LogP contribution < -0.4 is 20.7 Å². The van der Waals surface area contributed by atoms with Crippen LogP contribution in [0.3, 0.4) is 0 Å². The molecule has 1 aliphatic heterocycles. The topological polar surface area (TPSA) is 148 Å². The summed E-state index contributed by atoms with van der Waals surface area (Å²) in [6, 6.07) is 8.77. The molecular formula is C29H23F2N7O4. The van der Waals surface area contributed by atoms with E-state index in [0.29, 0.717) is 33.4 Å². The first kappa shape index (κ1) is 26.6. The Labute approximate surface area is 236 Å². The van der Waals surface area contributed by atoms with Crippen LogP contribution in [0, 0.1) is 25.5 Å². The summed E-state index contributed by atoms with van der Waals surface area (Å²) in [6.07, 6.45) is 2.69. The molecule has 0 saturated carbocycles. The number of ketones is 1. The first-order valence-corrected chi connectivity index (χ1v) is 12.8. The predicted octanol–water partition coefficient (Wildman–Crippen LogP) is 4.69. The molecule has 42 heavy (non-hydrogen) atoms. The fraction of sp³-hybridized carbons (Fsp3) is 0.138. The van der Waals surface area contributed by atoms with Gasteiger partial charge >= 0.3 is 6.03 Å². The number of nitrogens with zero attached hydrogens (tertiary/aromatic N) is 4. The van der Waals surface area contributed by atoms with Crippen molar-refractivity contribution in [3.05, 3.63) is 88.9 Å². The molecule has 0 aliphatic carbocycles. The molecular weight excluding hydrogens is 548 g/mol. The highest BCUT2D eigenvalue weighted by Crippen LogP contribution is 2.32. The van der Waals surface area contributed by atoms with Gasteiger partial charge in [-0.25, -0.2) is 28.1 Å². The quantitative estimate of drug-likeness (QED) is 0.198. The van der Waals surface area contributed by atoms with Gasteiger partial charge in [-0.15, -0.1) is 0 Å². The SMILES string of the molecule is Cc1cc2cc(C(=O)c3cnn(-c4cnc(Oc5c(F)cccc5F)cc4C)c3N)[nH]c2cc1N1C(=O)N[C@H](C)C1=O. The summed E-state index contributed by atoms with van der Waals surface area (Å²) in [5.74, 6) is -3.11. The maximum atomic E-state index is 14.0. The number of anilines is 2. The number of carbonyl (C=O) groups is 3. The molecule has 11 nitrogen and oxygen atoms in total. The number of pyridine rings is 1. The van der Waals surface area contributed by atoms with E-state index in [1.807, 2.05) is 0 Å². The van der Waals surface area contributed by atoms with Crippen molar-refractivity contribution in [3.8, 4) is 17.3 Å². The van der Waals surface area contributed by atoms with Crippen LogP contribution in [0.5, 0.6) is 11.6 Å². The van der Waals surface area contributed by atoms with Gasteiger partial charge in [0.25, 0.3) is 5.91 Å². The minimum Gasteiger partial charge on any atom is -0.433 e. The summed E-state index contributed by atoms with van der Waals surface area (Å²) in [5, 5.41) is 7.55. The number of urea groups is 1. The number of amides is 3. The molecule has 3 amide bonds. The number of aromatic nitrogens is 4. The molecule has 5 aromatic rings. The van der Waals surface area contributed by atoms with E-state index in [0.717, 1.165) is 17.0 Å². The lowest BCUT2D eigenvalue weighted by Gasteiger charge is -2.15. The van der Waals surface area contributed by atoms with Crippen molar-refractivity contribution in [2.24, 2.45) is 0 Å². The van der Waals surface area contributed by atoms with Gasteiger partial charge in [-0.1, -0.05) is 6.07 Å². The monoisotopic (exact) mass is 571 g/mol. The standard InChI is InChI=1S/C29H23F2N7O4/c1-13-7-16-9-21(36-20(16)10-22(13)37-28(40)15(3)35-29(37)41)25(39)17-11-34-38(27(17)32)23-12-33-24(8-14(23)2)42-26-18(30)5-4-6-19(26)31/h4-12,15,36H,32H2,1-3H3,(H,35,41)/t15-/m1/s1. The van der Waals surface area contributed by atoms with E-state index in [1.54, 1.807) is 39.0 Å². The molecule has 3 aromatic heterocycles. The Morgan fingerprint density at radius 1 is 1.02 bits per heavy atom. The number of fused-ring (bicyclic) bond motifs is 1. The second-order valence-electron chi connectivity index (χ2n) is 9.90. The van der Waals surface area contributed by atoms with E-state index in [1.165, 1.54) is 29.2 Å². The molecule has 1 aliphatic rings. The van der Waals surface area contributed by atoms with Crippen LogP contribution in [-0.2, 0) is 4.79 Å². The van der Waals surface area contributed by atoms with Gasteiger partial charge in [-0.2, -0.15) is 5.10 Å². The number of hydrogen-bond acceptors (Lipinski definition) is 7. The van der Waals surface area contributed by atoms with Crippen molar-refractivity contribution >= 4 is 40.1 Å². The molecule has 6 rings (SSSR count). The number of hydrogen-bond donors (Lipinski definition) is 3. The van der Waals surface area contributed by atoms with Crippen molar-refractivity contribution in [1.29, 1.82) is 0 Å². The van der Waals surface area contributed by atoms with Crippen LogP contribution in [0.15, 0.2) is 54.9 Å². The first-order valence-electron chi connectivity index (χ1n) is 12.8. The number of halogens is 2. The minimum atomic E-state index is -0.869. The van der Waals surface area contributed by atoms with E-state index >= 15 is 0 Å². The van der Waals surface area contributed by atoms with Crippen LogP contribution in [-0.4, -0.2) is 43.5 Å². The summed E-state index contributed by atoms with van der Waals surface area (Å²) in [6.45, 7) is 5.08. The highest BCUT2D eigenvalue weighted by atomic mass is 19.1. The van der Waals surface area contributed by atoms with Gasteiger partial charge in [0.05, 0.1) is 35.0 Å². The zero-order chi connectivity index (χ0) is 29.9. The second-order valence-corrected chi connectivity index (χ2v) is 9.90. The van der Waals surface area contributed by atoms with Crippen LogP contribution in [0.1, 0.15) is 34.1 Å².